The molecule has 0 spiro atoms. The van der Waals surface area contributed by atoms with Crippen LogP contribution in [0.1, 0.15) is 77.4 Å². The van der Waals surface area contributed by atoms with E-state index >= 15 is 0 Å². The number of anilines is 1. The molecule has 2 heterocycles. The van der Waals surface area contributed by atoms with Crippen molar-refractivity contribution < 1.29 is 9.59 Å². The summed E-state index contributed by atoms with van der Waals surface area (Å²) < 4.78 is 0. The van der Waals surface area contributed by atoms with Crippen LogP contribution < -0.4 is 4.90 Å². The van der Waals surface area contributed by atoms with Gasteiger partial charge in [0, 0.05) is 35.8 Å². The lowest BCUT2D eigenvalue weighted by atomic mass is 9.94. The second-order valence-corrected chi connectivity index (χ2v) is 9.30. The Bertz CT molecular complexity index is 1210. The van der Waals surface area contributed by atoms with Crippen molar-refractivity contribution in [3.8, 4) is 0 Å². The van der Waals surface area contributed by atoms with Gasteiger partial charge in [-0.1, -0.05) is 62.6 Å². The fraction of sp³-hybridized carbons (Fsp3) is 0.393. The molecule has 2 aromatic carbocycles. The maximum atomic E-state index is 14.2. The van der Waals surface area contributed by atoms with Gasteiger partial charge in [0.05, 0.1) is 11.1 Å². The van der Waals surface area contributed by atoms with E-state index in [0.29, 0.717) is 29.9 Å². The number of carbonyl (C=O) groups is 2. The van der Waals surface area contributed by atoms with Crippen molar-refractivity contribution in [3.05, 3.63) is 70.9 Å². The molecular formula is C28H31N3O2. The summed E-state index contributed by atoms with van der Waals surface area (Å²) >= 11 is 0. The van der Waals surface area contributed by atoms with Crippen molar-refractivity contribution in [3.63, 3.8) is 0 Å². The SMILES string of the molecule is CCCN(C(=O)c1c2c(nc3ccccc13)C(=O)N(C1CCCCC1)C2)c1ccccc1C. The molecule has 1 aromatic heterocycles. The number of amides is 2. The first-order valence-electron chi connectivity index (χ1n) is 12.2. The molecule has 5 nitrogen and oxygen atoms in total. The summed E-state index contributed by atoms with van der Waals surface area (Å²) in [5.74, 6) is -0.0612. The molecule has 5 rings (SSSR count). The molecular weight excluding hydrogens is 410 g/mol. The number of hydrogen-bond donors (Lipinski definition) is 0. The maximum Gasteiger partial charge on any atom is 0.273 e. The molecule has 1 fully saturated rings. The standard InChI is InChI=1S/C28H31N3O2/c1-3-17-30(24-16-10-7-11-19(24)2)27(32)25-21-14-8-9-15-23(21)29-26-22(25)18-31(28(26)33)20-12-5-4-6-13-20/h7-11,14-16,20H,3-6,12-13,17-18H2,1-2H3. The van der Waals surface area contributed by atoms with Gasteiger partial charge >= 0.3 is 0 Å². The number of hydrogen-bond acceptors (Lipinski definition) is 3. The van der Waals surface area contributed by atoms with E-state index in [1.165, 1.54) is 6.42 Å². The molecule has 3 aromatic rings. The van der Waals surface area contributed by atoms with E-state index in [-0.39, 0.29) is 17.9 Å². The van der Waals surface area contributed by atoms with E-state index < -0.39 is 0 Å². The van der Waals surface area contributed by atoms with Crippen LogP contribution in [0, 0.1) is 6.92 Å². The minimum Gasteiger partial charge on any atom is -0.330 e. The van der Waals surface area contributed by atoms with Crippen molar-refractivity contribution in [2.45, 2.75) is 65.0 Å². The predicted molar refractivity (Wildman–Crippen MR) is 132 cm³/mol. The normalized spacial score (nSPS) is 16.3. The topological polar surface area (TPSA) is 53.5 Å². The first kappa shape index (κ1) is 21.6. The van der Waals surface area contributed by atoms with Crippen LogP contribution in [-0.2, 0) is 6.54 Å². The first-order valence-corrected chi connectivity index (χ1v) is 12.2. The third-order valence-electron chi connectivity index (χ3n) is 7.11. The van der Waals surface area contributed by atoms with E-state index in [2.05, 4.69) is 6.92 Å². The quantitative estimate of drug-likeness (QED) is 0.496. The van der Waals surface area contributed by atoms with Crippen LogP contribution in [0.4, 0.5) is 5.69 Å². The second kappa shape index (κ2) is 8.97. The van der Waals surface area contributed by atoms with Gasteiger partial charge in [0.1, 0.15) is 5.69 Å². The highest BCUT2D eigenvalue weighted by Gasteiger charge is 2.38. The van der Waals surface area contributed by atoms with Crippen molar-refractivity contribution in [2.24, 2.45) is 0 Å². The van der Waals surface area contributed by atoms with E-state index in [4.69, 9.17) is 4.98 Å². The number of rotatable bonds is 5. The molecule has 0 atom stereocenters. The molecule has 0 saturated heterocycles. The monoisotopic (exact) mass is 441 g/mol. The molecule has 33 heavy (non-hydrogen) atoms. The van der Waals surface area contributed by atoms with Gasteiger partial charge in [-0.05, 0) is 43.9 Å². The van der Waals surface area contributed by atoms with Crippen molar-refractivity contribution >= 4 is 28.4 Å². The molecule has 1 aliphatic heterocycles. The summed E-state index contributed by atoms with van der Waals surface area (Å²) in [5, 5.41) is 0.828. The van der Waals surface area contributed by atoms with Gasteiger partial charge in [0.25, 0.3) is 11.8 Å². The molecule has 170 valence electrons. The van der Waals surface area contributed by atoms with Gasteiger partial charge in [0.15, 0.2) is 0 Å². The largest absolute Gasteiger partial charge is 0.330 e. The number of aromatic nitrogens is 1. The van der Waals surface area contributed by atoms with Gasteiger partial charge in [-0.15, -0.1) is 0 Å². The van der Waals surface area contributed by atoms with Crippen LogP contribution in [-0.4, -0.2) is 34.3 Å². The Morgan fingerprint density at radius 1 is 1.06 bits per heavy atom. The highest BCUT2D eigenvalue weighted by atomic mass is 16.2. The Morgan fingerprint density at radius 2 is 1.79 bits per heavy atom. The van der Waals surface area contributed by atoms with Crippen LogP contribution in [0.5, 0.6) is 0 Å². The number of carbonyl (C=O) groups excluding carboxylic acids is 2. The van der Waals surface area contributed by atoms with Crippen LogP contribution in [0.3, 0.4) is 0 Å². The Labute approximate surface area is 195 Å². The molecule has 1 aliphatic carbocycles. The molecule has 5 heteroatoms. The van der Waals surface area contributed by atoms with E-state index in [1.54, 1.807) is 0 Å². The Hall–Kier alpha value is -3.21. The third-order valence-corrected chi connectivity index (χ3v) is 7.11. The molecule has 0 N–H and O–H groups in total. The van der Waals surface area contributed by atoms with Gasteiger partial charge in [-0.2, -0.15) is 0 Å². The Kier molecular flexibility index (Phi) is 5.88. The van der Waals surface area contributed by atoms with Crippen molar-refractivity contribution in [1.82, 2.24) is 9.88 Å². The van der Waals surface area contributed by atoms with Crippen LogP contribution in [0.25, 0.3) is 10.9 Å². The van der Waals surface area contributed by atoms with E-state index in [0.717, 1.165) is 54.3 Å². The zero-order chi connectivity index (χ0) is 22.9. The highest BCUT2D eigenvalue weighted by molar-refractivity contribution is 6.17. The minimum absolute atomic E-state index is 0.0189. The number of para-hydroxylation sites is 2. The van der Waals surface area contributed by atoms with Gasteiger partial charge in [0.2, 0.25) is 0 Å². The molecule has 1 saturated carbocycles. The summed E-state index contributed by atoms with van der Waals surface area (Å²) in [6.07, 6.45) is 6.46. The first-order chi connectivity index (χ1) is 16.1. The number of aryl methyl sites for hydroxylation is 1. The Balaban J connectivity index is 1.65. The van der Waals surface area contributed by atoms with E-state index in [9.17, 15) is 9.59 Å². The third kappa shape index (κ3) is 3.79. The lowest BCUT2D eigenvalue weighted by molar-refractivity contribution is 0.0655. The average Bonchev–Trinajstić information content (AvgIpc) is 3.17. The molecule has 0 unspecified atom stereocenters. The number of benzene rings is 2. The van der Waals surface area contributed by atoms with Crippen LogP contribution in [0.15, 0.2) is 48.5 Å². The molecule has 0 radical (unpaired) electrons. The summed E-state index contributed by atoms with van der Waals surface area (Å²) in [6.45, 7) is 5.22. The van der Waals surface area contributed by atoms with E-state index in [1.807, 2.05) is 65.3 Å². The van der Waals surface area contributed by atoms with Crippen LogP contribution in [0.2, 0.25) is 0 Å². The summed E-state index contributed by atoms with van der Waals surface area (Å²) in [7, 11) is 0. The number of fused-ring (bicyclic) bond motifs is 2. The van der Waals surface area contributed by atoms with Crippen molar-refractivity contribution in [1.29, 1.82) is 0 Å². The van der Waals surface area contributed by atoms with Gasteiger partial charge in [-0.3, -0.25) is 9.59 Å². The smallest absolute Gasteiger partial charge is 0.273 e. The lowest BCUT2D eigenvalue weighted by Gasteiger charge is -2.30. The average molecular weight is 442 g/mol. The Morgan fingerprint density at radius 3 is 2.55 bits per heavy atom. The van der Waals surface area contributed by atoms with Crippen LogP contribution >= 0.6 is 0 Å². The van der Waals surface area contributed by atoms with Gasteiger partial charge < -0.3 is 9.80 Å². The summed E-state index contributed by atoms with van der Waals surface area (Å²) in [6, 6.07) is 16.0. The summed E-state index contributed by atoms with van der Waals surface area (Å²) in [4.78, 5) is 36.3. The van der Waals surface area contributed by atoms with Crippen molar-refractivity contribution in [2.75, 3.05) is 11.4 Å². The lowest BCUT2D eigenvalue weighted by Crippen LogP contribution is -2.37. The fourth-order valence-corrected chi connectivity index (χ4v) is 5.45. The minimum atomic E-state index is -0.0423. The second-order valence-electron chi connectivity index (χ2n) is 9.30. The molecule has 2 aliphatic rings. The molecule has 2 amide bonds. The highest BCUT2D eigenvalue weighted by Crippen LogP contribution is 2.36. The zero-order valence-electron chi connectivity index (χ0n) is 19.5. The summed E-state index contributed by atoms with van der Waals surface area (Å²) in [5.41, 5.74) is 4.59. The maximum absolute atomic E-state index is 14.2. The fourth-order valence-electron chi connectivity index (χ4n) is 5.45. The predicted octanol–water partition coefficient (Wildman–Crippen LogP) is 5.89. The van der Waals surface area contributed by atoms with Gasteiger partial charge in [-0.25, -0.2) is 4.98 Å². The number of nitrogens with zero attached hydrogens (tertiary/aromatic N) is 3. The zero-order valence-corrected chi connectivity index (χ0v) is 19.5. The molecule has 0 bridgehead atoms. The number of pyridine rings is 1.